The maximum absolute atomic E-state index is 14.1. The molecule has 3 aliphatic heterocycles. The molecule has 0 bridgehead atoms. The maximum Gasteiger partial charge on any atom is 0.261 e. The zero-order chi connectivity index (χ0) is 26.5. The highest BCUT2D eigenvalue weighted by Crippen LogP contribution is 2.43. The lowest BCUT2D eigenvalue weighted by molar-refractivity contribution is 0.0708. The molecule has 1 fully saturated rings. The van der Waals surface area contributed by atoms with Gasteiger partial charge in [0.25, 0.3) is 14.2 Å². The van der Waals surface area contributed by atoms with E-state index in [4.69, 9.17) is 13.9 Å². The minimum atomic E-state index is -2.72. The molecule has 38 heavy (non-hydrogen) atoms. The van der Waals surface area contributed by atoms with Crippen LogP contribution in [0.3, 0.4) is 0 Å². The van der Waals surface area contributed by atoms with Crippen LogP contribution < -0.4 is 19.8 Å². The van der Waals surface area contributed by atoms with Crippen molar-refractivity contribution in [1.82, 2.24) is 4.90 Å². The predicted molar refractivity (Wildman–Crippen MR) is 152 cm³/mol. The van der Waals surface area contributed by atoms with Crippen molar-refractivity contribution in [3.63, 3.8) is 0 Å². The standard InChI is InChI=1S/C32H37NO4Si/c1-22-18-28-29(30-27(22)16-11-17-35-30)31(34)33-20-24(19-23(33)21-36-28)37-38(32(2,3)4,25-12-7-5-8-13-25)26-14-9-6-10-15-26/h5-10,12-15,18,23-24H,11,16-17,19-21H2,1-4H3/t23-,24+/m1/s1. The largest absolute Gasteiger partial charge is 0.492 e. The molecule has 0 unspecified atom stereocenters. The van der Waals surface area contributed by atoms with Crippen LogP contribution >= 0.6 is 0 Å². The van der Waals surface area contributed by atoms with Gasteiger partial charge in [-0.2, -0.15) is 0 Å². The van der Waals surface area contributed by atoms with Crippen LogP contribution in [0.4, 0.5) is 0 Å². The fourth-order valence-corrected chi connectivity index (χ4v) is 11.3. The van der Waals surface area contributed by atoms with E-state index in [0.29, 0.717) is 31.1 Å². The average molecular weight is 528 g/mol. The van der Waals surface area contributed by atoms with Gasteiger partial charge in [0.15, 0.2) is 0 Å². The summed E-state index contributed by atoms with van der Waals surface area (Å²) in [6.07, 6.45) is 2.59. The number of benzene rings is 3. The van der Waals surface area contributed by atoms with E-state index in [-0.39, 0.29) is 23.1 Å². The number of hydrogen-bond acceptors (Lipinski definition) is 4. The molecule has 1 saturated heterocycles. The molecular weight excluding hydrogens is 490 g/mol. The fourth-order valence-electron chi connectivity index (χ4n) is 6.64. The molecule has 0 spiro atoms. The Morgan fingerprint density at radius 2 is 1.63 bits per heavy atom. The van der Waals surface area contributed by atoms with Crippen LogP contribution in [0.15, 0.2) is 66.7 Å². The number of aryl methyl sites for hydroxylation is 1. The van der Waals surface area contributed by atoms with E-state index in [1.807, 2.05) is 11.0 Å². The zero-order valence-electron chi connectivity index (χ0n) is 22.8. The Labute approximate surface area is 226 Å². The van der Waals surface area contributed by atoms with Crippen molar-refractivity contribution in [3.8, 4) is 11.5 Å². The first kappa shape index (κ1) is 25.2. The number of ether oxygens (including phenoxy) is 2. The molecule has 3 aromatic rings. The Hall–Kier alpha value is -3.09. The number of carbonyl (C=O) groups excluding carboxylic acids is 1. The second-order valence-corrected chi connectivity index (χ2v) is 16.1. The first-order valence-corrected chi connectivity index (χ1v) is 15.7. The predicted octanol–water partition coefficient (Wildman–Crippen LogP) is 4.87. The second kappa shape index (κ2) is 9.58. The van der Waals surface area contributed by atoms with Crippen molar-refractivity contribution >= 4 is 24.6 Å². The summed E-state index contributed by atoms with van der Waals surface area (Å²) < 4.78 is 19.8. The Bertz CT molecular complexity index is 1300. The van der Waals surface area contributed by atoms with Gasteiger partial charge in [0.2, 0.25) is 0 Å². The van der Waals surface area contributed by atoms with Gasteiger partial charge in [-0.05, 0) is 58.8 Å². The van der Waals surface area contributed by atoms with Crippen LogP contribution in [0, 0.1) is 6.92 Å². The lowest BCUT2D eigenvalue weighted by atomic mass is 9.96. The van der Waals surface area contributed by atoms with Crippen molar-refractivity contribution in [2.45, 2.75) is 64.1 Å². The molecule has 0 N–H and O–H groups in total. The summed E-state index contributed by atoms with van der Waals surface area (Å²) in [7, 11) is -2.72. The van der Waals surface area contributed by atoms with Gasteiger partial charge in [-0.1, -0.05) is 81.4 Å². The van der Waals surface area contributed by atoms with Gasteiger partial charge in [-0.3, -0.25) is 4.79 Å². The van der Waals surface area contributed by atoms with Crippen LogP contribution in [0.5, 0.6) is 11.5 Å². The highest BCUT2D eigenvalue weighted by molar-refractivity contribution is 6.99. The van der Waals surface area contributed by atoms with Crippen LogP contribution in [0.2, 0.25) is 5.04 Å². The Morgan fingerprint density at radius 3 is 2.26 bits per heavy atom. The maximum atomic E-state index is 14.1. The molecule has 2 atom stereocenters. The summed E-state index contributed by atoms with van der Waals surface area (Å²) in [5.74, 6) is 1.40. The third-order valence-corrected chi connectivity index (χ3v) is 13.5. The van der Waals surface area contributed by atoms with Gasteiger partial charge in [0.05, 0.1) is 18.8 Å². The molecule has 3 aromatic carbocycles. The molecular formula is C32H37NO4Si. The zero-order valence-corrected chi connectivity index (χ0v) is 23.8. The summed E-state index contributed by atoms with van der Waals surface area (Å²) in [5.41, 5.74) is 2.88. The van der Waals surface area contributed by atoms with Gasteiger partial charge in [-0.15, -0.1) is 0 Å². The van der Waals surface area contributed by atoms with Gasteiger partial charge >= 0.3 is 0 Å². The Kier molecular flexibility index (Phi) is 6.35. The fraction of sp³-hybridized carbons (Fsp3) is 0.406. The van der Waals surface area contributed by atoms with Gasteiger partial charge in [0.1, 0.15) is 23.7 Å². The van der Waals surface area contributed by atoms with Crippen molar-refractivity contribution in [3.05, 3.63) is 83.4 Å². The first-order valence-electron chi connectivity index (χ1n) is 13.8. The minimum Gasteiger partial charge on any atom is -0.492 e. The minimum absolute atomic E-state index is 0.00852. The molecule has 198 valence electrons. The van der Waals surface area contributed by atoms with Gasteiger partial charge in [0, 0.05) is 6.54 Å². The molecule has 0 aliphatic carbocycles. The molecule has 3 aliphatic rings. The topological polar surface area (TPSA) is 48.0 Å². The Morgan fingerprint density at radius 1 is 0.974 bits per heavy atom. The lowest BCUT2D eigenvalue weighted by Gasteiger charge is -2.44. The summed E-state index contributed by atoms with van der Waals surface area (Å²) in [5, 5.41) is 2.39. The summed E-state index contributed by atoms with van der Waals surface area (Å²) >= 11 is 0. The molecule has 0 radical (unpaired) electrons. The highest BCUT2D eigenvalue weighted by Gasteiger charge is 2.53. The molecule has 5 nitrogen and oxygen atoms in total. The van der Waals surface area contributed by atoms with E-state index in [0.717, 1.165) is 36.1 Å². The Balaban J connectivity index is 1.37. The molecule has 0 saturated carbocycles. The van der Waals surface area contributed by atoms with E-state index >= 15 is 0 Å². The number of amides is 1. The lowest BCUT2D eigenvalue weighted by Crippen LogP contribution is -2.67. The molecule has 3 heterocycles. The quantitative estimate of drug-likeness (QED) is 0.454. The van der Waals surface area contributed by atoms with Crippen LogP contribution in [-0.4, -0.2) is 51.0 Å². The summed E-state index contributed by atoms with van der Waals surface area (Å²) in [6, 6.07) is 23.4. The van der Waals surface area contributed by atoms with Crippen molar-refractivity contribution in [2.75, 3.05) is 19.8 Å². The average Bonchev–Trinajstić information content (AvgIpc) is 3.28. The van der Waals surface area contributed by atoms with Crippen LogP contribution in [-0.2, 0) is 10.8 Å². The highest BCUT2D eigenvalue weighted by atomic mass is 28.4. The monoisotopic (exact) mass is 527 g/mol. The summed E-state index contributed by atoms with van der Waals surface area (Å²) in [4.78, 5) is 16.1. The van der Waals surface area contributed by atoms with E-state index in [1.54, 1.807) is 0 Å². The van der Waals surface area contributed by atoms with E-state index in [1.165, 1.54) is 10.4 Å². The first-order chi connectivity index (χ1) is 18.3. The van der Waals surface area contributed by atoms with Crippen molar-refractivity contribution in [2.24, 2.45) is 0 Å². The molecule has 6 heteroatoms. The third kappa shape index (κ3) is 4.05. The SMILES string of the molecule is Cc1cc2c(c3c1CCCO3)C(=O)N1C[C@@H](O[Si](c3ccccc3)(c3ccccc3)C(C)(C)C)C[C@@H]1CO2. The molecule has 1 amide bonds. The van der Waals surface area contributed by atoms with Gasteiger partial charge in [-0.25, -0.2) is 0 Å². The smallest absolute Gasteiger partial charge is 0.261 e. The second-order valence-electron chi connectivity index (χ2n) is 11.9. The normalized spacial score (nSPS) is 21.1. The summed E-state index contributed by atoms with van der Waals surface area (Å²) in [6.45, 7) is 10.6. The number of fused-ring (bicyclic) bond motifs is 4. The number of nitrogens with zero attached hydrogens (tertiary/aromatic N) is 1. The molecule has 0 aromatic heterocycles. The number of rotatable bonds is 4. The van der Waals surface area contributed by atoms with E-state index in [9.17, 15) is 4.79 Å². The van der Waals surface area contributed by atoms with Crippen molar-refractivity contribution < 1.29 is 18.7 Å². The van der Waals surface area contributed by atoms with Crippen LogP contribution in [0.25, 0.3) is 0 Å². The van der Waals surface area contributed by atoms with E-state index < -0.39 is 8.32 Å². The van der Waals surface area contributed by atoms with Gasteiger partial charge < -0.3 is 18.8 Å². The van der Waals surface area contributed by atoms with Crippen molar-refractivity contribution in [1.29, 1.82) is 0 Å². The number of hydrogen-bond donors (Lipinski definition) is 0. The number of carbonyl (C=O) groups is 1. The van der Waals surface area contributed by atoms with Crippen LogP contribution in [0.1, 0.15) is 55.1 Å². The molecule has 6 rings (SSSR count). The van der Waals surface area contributed by atoms with E-state index in [2.05, 4.69) is 88.4 Å². The third-order valence-electron chi connectivity index (χ3n) is 8.43.